The minimum Gasteiger partial charge on any atom is -0.454 e. The van der Waals surface area contributed by atoms with Gasteiger partial charge in [0.05, 0.1) is 6.54 Å². The van der Waals surface area contributed by atoms with Crippen LogP contribution in [0.15, 0.2) is 24.3 Å². The average molecular weight is 456 g/mol. The summed E-state index contributed by atoms with van der Waals surface area (Å²) in [5, 5.41) is 10.1. The van der Waals surface area contributed by atoms with Crippen molar-refractivity contribution in [3.63, 3.8) is 0 Å². The van der Waals surface area contributed by atoms with Gasteiger partial charge in [-0.3, -0.25) is 19.1 Å². The summed E-state index contributed by atoms with van der Waals surface area (Å²) in [6.45, 7) is 7.02. The monoisotopic (exact) mass is 455 g/mol. The SMILES string of the molecule is CC(C)CCNC(=O)C1(C)Cn2nc(C(=O)NCc3ccc4c(c3)OCO4)cc2C(=O)N1C. The number of hydrogen-bond acceptors (Lipinski definition) is 6. The highest BCUT2D eigenvalue weighted by Crippen LogP contribution is 2.32. The predicted molar refractivity (Wildman–Crippen MR) is 119 cm³/mol. The summed E-state index contributed by atoms with van der Waals surface area (Å²) in [5.74, 6) is 0.761. The van der Waals surface area contributed by atoms with Crippen LogP contribution in [0.1, 0.15) is 53.7 Å². The second kappa shape index (κ2) is 8.76. The number of carbonyl (C=O) groups excluding carboxylic acids is 3. The Morgan fingerprint density at radius 1 is 1.18 bits per heavy atom. The van der Waals surface area contributed by atoms with Gasteiger partial charge >= 0.3 is 0 Å². The molecule has 0 saturated heterocycles. The van der Waals surface area contributed by atoms with Gasteiger partial charge in [0.25, 0.3) is 11.8 Å². The van der Waals surface area contributed by atoms with Crippen molar-refractivity contribution in [3.05, 3.63) is 41.2 Å². The van der Waals surface area contributed by atoms with Crippen LogP contribution in [0.5, 0.6) is 11.5 Å². The van der Waals surface area contributed by atoms with Gasteiger partial charge in [-0.05, 0) is 37.0 Å². The normalized spacial score (nSPS) is 18.9. The molecule has 2 aromatic rings. The molecule has 1 atom stereocenters. The van der Waals surface area contributed by atoms with Gasteiger partial charge in [-0.25, -0.2) is 0 Å². The third kappa shape index (κ3) is 4.37. The summed E-state index contributed by atoms with van der Waals surface area (Å²) >= 11 is 0. The Balaban J connectivity index is 1.44. The average Bonchev–Trinajstić information content (AvgIpc) is 3.42. The third-order valence-electron chi connectivity index (χ3n) is 6.12. The first-order valence-electron chi connectivity index (χ1n) is 11.0. The summed E-state index contributed by atoms with van der Waals surface area (Å²) in [6.07, 6.45) is 0.847. The Morgan fingerprint density at radius 3 is 2.70 bits per heavy atom. The Labute approximate surface area is 192 Å². The summed E-state index contributed by atoms with van der Waals surface area (Å²) in [7, 11) is 1.60. The topological polar surface area (TPSA) is 115 Å². The number of benzene rings is 1. The van der Waals surface area contributed by atoms with Gasteiger partial charge in [-0.15, -0.1) is 0 Å². The standard InChI is InChI=1S/C23H29N5O5/c1-14(2)7-8-24-22(31)23(3)12-28-17(21(30)27(23)4)10-16(26-28)20(29)25-11-15-5-6-18-19(9-15)33-13-32-18/h5-6,9-10,14H,7-8,11-13H2,1-4H3,(H,24,31)(H,25,29). The highest BCUT2D eigenvalue weighted by atomic mass is 16.7. The fourth-order valence-corrected chi connectivity index (χ4v) is 3.83. The van der Waals surface area contributed by atoms with Crippen LogP contribution in [-0.2, 0) is 17.9 Å². The first kappa shape index (κ1) is 22.6. The maximum atomic E-state index is 13.0. The number of ether oxygens (including phenoxy) is 2. The molecular formula is C23H29N5O5. The van der Waals surface area contributed by atoms with Gasteiger partial charge in [0.1, 0.15) is 11.2 Å². The molecule has 0 spiro atoms. The second-order valence-electron chi connectivity index (χ2n) is 9.02. The van der Waals surface area contributed by atoms with Gasteiger partial charge in [0.2, 0.25) is 12.7 Å². The third-order valence-corrected chi connectivity index (χ3v) is 6.12. The van der Waals surface area contributed by atoms with E-state index in [2.05, 4.69) is 29.6 Å². The molecule has 2 aliphatic heterocycles. The number of likely N-dealkylation sites (N-methyl/N-ethyl adjacent to an activating group) is 1. The van der Waals surface area contributed by atoms with Gasteiger partial charge in [-0.1, -0.05) is 19.9 Å². The van der Waals surface area contributed by atoms with Crippen LogP contribution in [0.2, 0.25) is 0 Å². The maximum Gasteiger partial charge on any atom is 0.272 e. The van der Waals surface area contributed by atoms with Crippen molar-refractivity contribution in [2.75, 3.05) is 20.4 Å². The zero-order valence-corrected chi connectivity index (χ0v) is 19.3. The lowest BCUT2D eigenvalue weighted by Gasteiger charge is -2.40. The second-order valence-corrected chi connectivity index (χ2v) is 9.02. The van der Waals surface area contributed by atoms with Crippen molar-refractivity contribution in [2.24, 2.45) is 5.92 Å². The van der Waals surface area contributed by atoms with Crippen molar-refractivity contribution in [1.29, 1.82) is 0 Å². The molecule has 0 radical (unpaired) electrons. The van der Waals surface area contributed by atoms with Crippen LogP contribution in [0.3, 0.4) is 0 Å². The van der Waals surface area contributed by atoms with E-state index in [9.17, 15) is 14.4 Å². The molecule has 1 aromatic carbocycles. The molecule has 1 aromatic heterocycles. The van der Waals surface area contributed by atoms with E-state index in [4.69, 9.17) is 9.47 Å². The Kier molecular flexibility index (Phi) is 6.01. The molecule has 2 aliphatic rings. The summed E-state index contributed by atoms with van der Waals surface area (Å²) < 4.78 is 12.1. The number of rotatable bonds is 7. The first-order valence-corrected chi connectivity index (χ1v) is 11.0. The van der Waals surface area contributed by atoms with Crippen LogP contribution in [0, 0.1) is 5.92 Å². The first-order chi connectivity index (χ1) is 15.7. The largest absolute Gasteiger partial charge is 0.454 e. The van der Waals surface area contributed by atoms with E-state index >= 15 is 0 Å². The van der Waals surface area contributed by atoms with E-state index < -0.39 is 11.4 Å². The van der Waals surface area contributed by atoms with Crippen molar-refractivity contribution < 1.29 is 23.9 Å². The molecular weight excluding hydrogens is 426 g/mol. The Morgan fingerprint density at radius 2 is 1.94 bits per heavy atom. The lowest BCUT2D eigenvalue weighted by atomic mass is 9.95. The van der Waals surface area contributed by atoms with E-state index in [1.807, 2.05) is 12.1 Å². The van der Waals surface area contributed by atoms with Crippen LogP contribution in [0.25, 0.3) is 0 Å². The Hall–Kier alpha value is -3.56. The summed E-state index contributed by atoms with van der Waals surface area (Å²) in [6, 6.07) is 6.90. The molecule has 0 fully saturated rings. The van der Waals surface area contributed by atoms with E-state index in [-0.39, 0.29) is 43.1 Å². The van der Waals surface area contributed by atoms with Gasteiger partial charge < -0.3 is 25.0 Å². The fraction of sp³-hybridized carbons (Fsp3) is 0.478. The molecule has 4 rings (SSSR count). The molecule has 0 saturated carbocycles. The predicted octanol–water partition coefficient (Wildman–Crippen LogP) is 1.55. The van der Waals surface area contributed by atoms with Crippen LogP contribution >= 0.6 is 0 Å². The molecule has 10 nitrogen and oxygen atoms in total. The van der Waals surface area contributed by atoms with E-state index in [0.29, 0.717) is 24.0 Å². The molecule has 176 valence electrons. The Bertz CT molecular complexity index is 1090. The summed E-state index contributed by atoms with van der Waals surface area (Å²) in [4.78, 5) is 40.0. The molecule has 3 amide bonds. The highest BCUT2D eigenvalue weighted by Gasteiger charge is 2.46. The van der Waals surface area contributed by atoms with Gasteiger partial charge in [0.15, 0.2) is 17.2 Å². The lowest BCUT2D eigenvalue weighted by molar-refractivity contribution is -0.132. The number of hydrogen-bond donors (Lipinski definition) is 2. The molecule has 33 heavy (non-hydrogen) atoms. The molecule has 2 N–H and O–H groups in total. The van der Waals surface area contributed by atoms with E-state index in [1.165, 1.54) is 15.6 Å². The molecule has 1 unspecified atom stereocenters. The minimum atomic E-state index is -1.10. The number of aromatic nitrogens is 2. The number of nitrogens with zero attached hydrogens (tertiary/aromatic N) is 3. The minimum absolute atomic E-state index is 0.122. The van der Waals surface area contributed by atoms with Gasteiger partial charge in [-0.2, -0.15) is 5.10 Å². The quantitative estimate of drug-likeness (QED) is 0.655. The van der Waals surface area contributed by atoms with Crippen LogP contribution < -0.4 is 20.1 Å². The van der Waals surface area contributed by atoms with E-state index in [0.717, 1.165) is 12.0 Å². The number of fused-ring (bicyclic) bond motifs is 2. The smallest absolute Gasteiger partial charge is 0.272 e. The fourth-order valence-electron chi connectivity index (χ4n) is 3.83. The number of carbonyl (C=O) groups is 3. The highest BCUT2D eigenvalue weighted by molar-refractivity contribution is 6.01. The van der Waals surface area contributed by atoms with Crippen molar-refractivity contribution in [2.45, 2.75) is 45.8 Å². The van der Waals surface area contributed by atoms with Crippen molar-refractivity contribution in [1.82, 2.24) is 25.3 Å². The molecule has 0 aliphatic carbocycles. The number of nitrogens with one attached hydrogen (secondary N) is 2. The zero-order chi connectivity index (χ0) is 23.8. The molecule has 10 heteroatoms. The van der Waals surface area contributed by atoms with Gasteiger partial charge in [0, 0.05) is 26.2 Å². The number of amides is 3. The van der Waals surface area contributed by atoms with Crippen molar-refractivity contribution in [3.8, 4) is 11.5 Å². The van der Waals surface area contributed by atoms with Crippen molar-refractivity contribution >= 4 is 17.7 Å². The summed E-state index contributed by atoms with van der Waals surface area (Å²) in [5.41, 5.74) is 0.140. The zero-order valence-electron chi connectivity index (χ0n) is 19.3. The molecule has 3 heterocycles. The van der Waals surface area contributed by atoms with Crippen LogP contribution in [0.4, 0.5) is 0 Å². The van der Waals surface area contributed by atoms with E-state index in [1.54, 1.807) is 20.0 Å². The molecule has 0 bridgehead atoms. The van der Waals surface area contributed by atoms with Crippen LogP contribution in [-0.4, -0.2) is 58.3 Å². The maximum absolute atomic E-state index is 13.0. The lowest BCUT2D eigenvalue weighted by Crippen LogP contribution is -2.62.